The van der Waals surface area contributed by atoms with E-state index in [1.54, 1.807) is 5.12 Å². The van der Waals surface area contributed by atoms with Crippen LogP contribution in [0.1, 0.15) is 0 Å². The van der Waals surface area contributed by atoms with Crippen LogP contribution in [0.2, 0.25) is 0 Å². The fourth-order valence-electron chi connectivity index (χ4n) is 0.781. The van der Waals surface area contributed by atoms with Gasteiger partial charge in [-0.3, -0.25) is 0 Å². The first-order chi connectivity index (χ1) is 4.47. The highest BCUT2D eigenvalue weighted by molar-refractivity contribution is 5.05. The highest BCUT2D eigenvalue weighted by atomic mass is 15.9. The molecule has 2 rings (SSSR count). The number of hydrogen-bond acceptors (Lipinski definition) is 4. The SMILES string of the molecule is C1=CN2CN=NN2C=C1. The van der Waals surface area contributed by atoms with Crippen LogP contribution in [0.3, 0.4) is 0 Å². The lowest BCUT2D eigenvalue weighted by Gasteiger charge is -2.20. The van der Waals surface area contributed by atoms with Crippen LogP contribution in [0.15, 0.2) is 34.9 Å². The van der Waals surface area contributed by atoms with E-state index in [0.29, 0.717) is 6.67 Å². The molecule has 0 aromatic rings. The molecule has 0 aliphatic carbocycles. The van der Waals surface area contributed by atoms with Crippen LogP contribution >= 0.6 is 0 Å². The molecule has 2 aliphatic heterocycles. The van der Waals surface area contributed by atoms with Gasteiger partial charge in [0, 0.05) is 12.4 Å². The van der Waals surface area contributed by atoms with Gasteiger partial charge in [0.2, 0.25) is 0 Å². The first kappa shape index (κ1) is 4.55. The maximum atomic E-state index is 3.80. The Morgan fingerprint density at radius 1 is 1.22 bits per heavy atom. The molecule has 0 radical (unpaired) electrons. The van der Waals surface area contributed by atoms with Gasteiger partial charge in [0.1, 0.15) is 0 Å². The maximum absolute atomic E-state index is 3.80. The fourth-order valence-corrected chi connectivity index (χ4v) is 0.781. The fraction of sp³-hybridized carbons (Fsp3) is 0.200. The van der Waals surface area contributed by atoms with Crippen molar-refractivity contribution in [1.82, 2.24) is 10.1 Å². The van der Waals surface area contributed by atoms with Gasteiger partial charge in [0.05, 0.1) is 0 Å². The summed E-state index contributed by atoms with van der Waals surface area (Å²) in [5.41, 5.74) is 0. The second-order valence-electron chi connectivity index (χ2n) is 1.82. The van der Waals surface area contributed by atoms with Crippen LogP contribution in [-0.4, -0.2) is 16.8 Å². The summed E-state index contributed by atoms with van der Waals surface area (Å²) in [5.74, 6) is 0. The van der Waals surface area contributed by atoms with Crippen LogP contribution in [0.5, 0.6) is 0 Å². The van der Waals surface area contributed by atoms with Gasteiger partial charge in [0.25, 0.3) is 0 Å². The van der Waals surface area contributed by atoms with Gasteiger partial charge in [-0.15, -0.1) is 5.11 Å². The lowest BCUT2D eigenvalue weighted by atomic mass is 10.5. The van der Waals surface area contributed by atoms with Crippen LogP contribution in [0.25, 0.3) is 0 Å². The van der Waals surface area contributed by atoms with Crippen molar-refractivity contribution in [2.45, 2.75) is 0 Å². The minimum atomic E-state index is 0.640. The van der Waals surface area contributed by atoms with Gasteiger partial charge in [-0.25, -0.2) is 5.01 Å². The van der Waals surface area contributed by atoms with E-state index in [-0.39, 0.29) is 0 Å². The summed E-state index contributed by atoms with van der Waals surface area (Å²) in [6.07, 6.45) is 7.66. The van der Waals surface area contributed by atoms with Gasteiger partial charge in [0.15, 0.2) is 6.67 Å². The summed E-state index contributed by atoms with van der Waals surface area (Å²) >= 11 is 0. The molecule has 0 aromatic heterocycles. The minimum absolute atomic E-state index is 0.640. The van der Waals surface area contributed by atoms with E-state index >= 15 is 0 Å². The Morgan fingerprint density at radius 3 is 3.00 bits per heavy atom. The first-order valence-corrected chi connectivity index (χ1v) is 2.75. The number of nitrogens with zero attached hydrogens (tertiary/aromatic N) is 4. The van der Waals surface area contributed by atoms with Crippen LogP contribution in [0, 0.1) is 0 Å². The molecular formula is C5H6N4. The van der Waals surface area contributed by atoms with Crippen molar-refractivity contribution in [2.24, 2.45) is 10.3 Å². The van der Waals surface area contributed by atoms with Gasteiger partial charge < -0.3 is 0 Å². The topological polar surface area (TPSA) is 31.2 Å². The third-order valence-corrected chi connectivity index (χ3v) is 1.21. The van der Waals surface area contributed by atoms with Crippen molar-refractivity contribution < 1.29 is 0 Å². The molecule has 0 saturated heterocycles. The van der Waals surface area contributed by atoms with Crippen molar-refractivity contribution in [3.63, 3.8) is 0 Å². The zero-order valence-corrected chi connectivity index (χ0v) is 4.81. The quantitative estimate of drug-likeness (QED) is 0.477. The number of allylic oxidation sites excluding steroid dienone is 2. The monoisotopic (exact) mass is 122 g/mol. The summed E-state index contributed by atoms with van der Waals surface area (Å²) < 4.78 is 0. The zero-order valence-electron chi connectivity index (χ0n) is 4.81. The molecule has 2 aliphatic rings. The Hall–Kier alpha value is -1.32. The second-order valence-corrected chi connectivity index (χ2v) is 1.82. The van der Waals surface area contributed by atoms with Gasteiger partial charge >= 0.3 is 0 Å². The number of rotatable bonds is 0. The molecule has 0 amide bonds. The highest BCUT2D eigenvalue weighted by Crippen LogP contribution is 2.12. The van der Waals surface area contributed by atoms with E-state index in [2.05, 4.69) is 10.3 Å². The third kappa shape index (κ3) is 0.595. The number of hydrogen-bond donors (Lipinski definition) is 0. The Balaban J connectivity index is 2.25. The van der Waals surface area contributed by atoms with Crippen molar-refractivity contribution >= 4 is 0 Å². The molecule has 4 heteroatoms. The van der Waals surface area contributed by atoms with Gasteiger partial charge in [-0.1, -0.05) is 0 Å². The van der Waals surface area contributed by atoms with Crippen LogP contribution in [-0.2, 0) is 0 Å². The van der Waals surface area contributed by atoms with E-state index in [9.17, 15) is 0 Å². The molecular weight excluding hydrogens is 116 g/mol. The molecule has 2 heterocycles. The summed E-state index contributed by atoms with van der Waals surface area (Å²) in [6, 6.07) is 0. The molecule has 0 unspecified atom stereocenters. The standard InChI is InChI=1S/C5H6N4/c1-2-4-9-7-6-5-8(9)3-1/h1-4H,5H2. The number of hydrazine groups is 1. The largest absolute Gasteiger partial charge is 0.248 e. The third-order valence-electron chi connectivity index (χ3n) is 1.21. The smallest absolute Gasteiger partial charge is 0.154 e. The summed E-state index contributed by atoms with van der Waals surface area (Å²) in [6.45, 7) is 0.640. The molecule has 0 fully saturated rings. The van der Waals surface area contributed by atoms with E-state index in [1.807, 2.05) is 29.6 Å². The maximum Gasteiger partial charge on any atom is 0.154 e. The molecule has 0 N–H and O–H groups in total. The first-order valence-electron chi connectivity index (χ1n) is 2.75. The Labute approximate surface area is 52.7 Å². The predicted molar refractivity (Wildman–Crippen MR) is 31.7 cm³/mol. The normalized spacial score (nSPS) is 21.3. The summed E-state index contributed by atoms with van der Waals surface area (Å²) in [5, 5.41) is 11.2. The van der Waals surface area contributed by atoms with E-state index < -0.39 is 0 Å². The van der Waals surface area contributed by atoms with E-state index in [1.165, 1.54) is 0 Å². The molecule has 0 saturated carbocycles. The number of fused-ring (bicyclic) bond motifs is 1. The van der Waals surface area contributed by atoms with E-state index in [0.717, 1.165) is 0 Å². The molecule has 0 spiro atoms. The Bertz CT molecular complexity index is 193. The predicted octanol–water partition coefficient (Wildman–Crippen LogP) is 0.885. The minimum Gasteiger partial charge on any atom is -0.248 e. The lowest BCUT2D eigenvalue weighted by Crippen LogP contribution is -2.26. The van der Waals surface area contributed by atoms with Gasteiger partial charge in [-0.2, -0.15) is 5.12 Å². The average molecular weight is 122 g/mol. The summed E-state index contributed by atoms with van der Waals surface area (Å²) in [4.78, 5) is 0. The second kappa shape index (κ2) is 1.58. The Morgan fingerprint density at radius 2 is 2.11 bits per heavy atom. The van der Waals surface area contributed by atoms with Crippen LogP contribution < -0.4 is 0 Å². The Kier molecular flexibility index (Phi) is 0.798. The van der Waals surface area contributed by atoms with Crippen molar-refractivity contribution in [3.8, 4) is 0 Å². The molecule has 46 valence electrons. The van der Waals surface area contributed by atoms with Crippen molar-refractivity contribution in [3.05, 3.63) is 24.6 Å². The molecule has 0 atom stereocenters. The molecule has 9 heavy (non-hydrogen) atoms. The van der Waals surface area contributed by atoms with Crippen LogP contribution in [0.4, 0.5) is 0 Å². The van der Waals surface area contributed by atoms with Crippen molar-refractivity contribution in [2.75, 3.05) is 6.67 Å². The summed E-state index contributed by atoms with van der Waals surface area (Å²) in [7, 11) is 0. The zero-order chi connectivity index (χ0) is 6.10. The molecule has 4 nitrogen and oxygen atoms in total. The molecule has 0 bridgehead atoms. The van der Waals surface area contributed by atoms with Gasteiger partial charge in [-0.05, 0) is 17.4 Å². The average Bonchev–Trinajstić information content (AvgIpc) is 2.33. The highest BCUT2D eigenvalue weighted by Gasteiger charge is 2.12. The lowest BCUT2D eigenvalue weighted by molar-refractivity contribution is 0.118. The van der Waals surface area contributed by atoms with E-state index in [4.69, 9.17) is 0 Å². The van der Waals surface area contributed by atoms with Crippen molar-refractivity contribution in [1.29, 1.82) is 0 Å². The molecule has 0 aromatic carbocycles.